The number of hydrogen-bond acceptors (Lipinski definition) is 5. The van der Waals surface area contributed by atoms with Gasteiger partial charge in [0.15, 0.2) is 11.4 Å². The van der Waals surface area contributed by atoms with Crippen molar-refractivity contribution < 1.29 is 19.1 Å². The molecule has 0 bridgehead atoms. The van der Waals surface area contributed by atoms with Crippen LogP contribution in [0.4, 0.5) is 0 Å². The molecule has 144 valence electrons. The molecule has 0 amide bonds. The summed E-state index contributed by atoms with van der Waals surface area (Å²) in [5.41, 5.74) is 1.78. The van der Waals surface area contributed by atoms with Crippen molar-refractivity contribution in [3.05, 3.63) is 113 Å². The maximum Gasteiger partial charge on any atom is 0.339 e. The molecule has 2 aromatic carbocycles. The molecule has 30 heavy (non-hydrogen) atoms. The minimum absolute atomic E-state index is 0.167. The molecule has 0 saturated carbocycles. The highest BCUT2D eigenvalue weighted by atomic mass is 16.6. The predicted octanol–water partition coefficient (Wildman–Crippen LogP) is 4.05. The SMILES string of the molecule is O=C1OC2(c3ccccc3OC3=CC=C(c4cccnc4)C(=O)C32)c2ccccc21. The Kier molecular flexibility index (Phi) is 3.39. The van der Waals surface area contributed by atoms with Crippen LogP contribution in [0.5, 0.6) is 5.75 Å². The zero-order valence-electron chi connectivity index (χ0n) is 15.7. The van der Waals surface area contributed by atoms with E-state index in [4.69, 9.17) is 9.47 Å². The van der Waals surface area contributed by atoms with Gasteiger partial charge in [-0.3, -0.25) is 9.78 Å². The van der Waals surface area contributed by atoms with E-state index in [1.54, 1.807) is 42.7 Å². The third-order valence-corrected chi connectivity index (χ3v) is 5.92. The highest BCUT2D eigenvalue weighted by Gasteiger charge is 2.61. The van der Waals surface area contributed by atoms with Crippen LogP contribution in [0.3, 0.4) is 0 Å². The number of nitrogens with zero attached hydrogens (tertiary/aromatic N) is 1. The van der Waals surface area contributed by atoms with E-state index in [0.717, 1.165) is 0 Å². The van der Waals surface area contributed by atoms with Gasteiger partial charge in [-0.15, -0.1) is 0 Å². The normalized spacial score (nSPS) is 23.5. The predicted molar refractivity (Wildman–Crippen MR) is 109 cm³/mol. The van der Waals surface area contributed by atoms with Crippen LogP contribution in [-0.4, -0.2) is 16.7 Å². The first kappa shape index (κ1) is 16.9. The molecule has 0 N–H and O–H groups in total. The lowest BCUT2D eigenvalue weighted by molar-refractivity contribution is -0.124. The number of para-hydroxylation sites is 1. The largest absolute Gasteiger partial charge is 0.460 e. The smallest absolute Gasteiger partial charge is 0.339 e. The summed E-state index contributed by atoms with van der Waals surface area (Å²) in [7, 11) is 0. The topological polar surface area (TPSA) is 65.5 Å². The van der Waals surface area contributed by atoms with Crippen molar-refractivity contribution in [3.8, 4) is 5.75 Å². The van der Waals surface area contributed by atoms with Crippen LogP contribution in [0.15, 0.2) is 91.0 Å². The van der Waals surface area contributed by atoms with Gasteiger partial charge >= 0.3 is 5.97 Å². The first-order valence-electron chi connectivity index (χ1n) is 9.67. The number of esters is 1. The monoisotopic (exact) mass is 393 g/mol. The number of carbonyl (C=O) groups excluding carboxylic acids is 2. The van der Waals surface area contributed by atoms with Crippen molar-refractivity contribution in [1.29, 1.82) is 0 Å². The summed E-state index contributed by atoms with van der Waals surface area (Å²) in [6.45, 7) is 0. The molecule has 0 radical (unpaired) electrons. The minimum Gasteiger partial charge on any atom is -0.460 e. The Bertz CT molecular complexity index is 1290. The van der Waals surface area contributed by atoms with Gasteiger partial charge in [0.05, 0.1) is 5.56 Å². The summed E-state index contributed by atoms with van der Waals surface area (Å²) in [5.74, 6) is -0.377. The van der Waals surface area contributed by atoms with Crippen LogP contribution >= 0.6 is 0 Å². The summed E-state index contributed by atoms with van der Waals surface area (Å²) in [4.78, 5) is 30.8. The summed E-state index contributed by atoms with van der Waals surface area (Å²) in [5, 5.41) is 0. The van der Waals surface area contributed by atoms with E-state index >= 15 is 0 Å². The molecule has 2 unspecified atom stereocenters. The maximum absolute atomic E-state index is 13.8. The average molecular weight is 393 g/mol. The molecule has 0 saturated heterocycles. The van der Waals surface area contributed by atoms with Gasteiger partial charge in [-0.2, -0.15) is 0 Å². The second-order valence-electron chi connectivity index (χ2n) is 7.46. The Morgan fingerprint density at radius 1 is 0.867 bits per heavy atom. The minimum atomic E-state index is -1.27. The third kappa shape index (κ3) is 2.09. The first-order chi connectivity index (χ1) is 14.7. The fourth-order valence-corrected chi connectivity index (χ4v) is 4.67. The van der Waals surface area contributed by atoms with Crippen LogP contribution < -0.4 is 4.74 Å². The molecule has 3 aliphatic rings. The Morgan fingerprint density at radius 3 is 2.50 bits per heavy atom. The number of rotatable bonds is 1. The number of benzene rings is 2. The second-order valence-corrected chi connectivity index (χ2v) is 7.46. The molecule has 5 nitrogen and oxygen atoms in total. The average Bonchev–Trinajstić information content (AvgIpc) is 3.08. The van der Waals surface area contributed by atoms with Gasteiger partial charge in [0, 0.05) is 34.7 Å². The number of Topliss-reactive ketones (excluding diaryl/α,β-unsaturated/α-hetero) is 1. The highest BCUT2D eigenvalue weighted by Crippen LogP contribution is 2.57. The maximum atomic E-state index is 13.8. The van der Waals surface area contributed by atoms with Gasteiger partial charge in [0.2, 0.25) is 0 Å². The van der Waals surface area contributed by atoms with Crippen molar-refractivity contribution in [2.75, 3.05) is 0 Å². The van der Waals surface area contributed by atoms with Crippen LogP contribution in [-0.2, 0) is 15.1 Å². The van der Waals surface area contributed by atoms with Gasteiger partial charge < -0.3 is 9.47 Å². The fourth-order valence-electron chi connectivity index (χ4n) is 4.67. The number of ketones is 1. The molecule has 1 aliphatic carbocycles. The molecule has 1 aromatic heterocycles. The molecule has 6 rings (SSSR count). The second kappa shape index (κ2) is 6.00. The van der Waals surface area contributed by atoms with Gasteiger partial charge in [-0.25, -0.2) is 4.79 Å². The number of pyridine rings is 1. The van der Waals surface area contributed by atoms with Crippen LogP contribution in [0, 0.1) is 5.92 Å². The van der Waals surface area contributed by atoms with E-state index in [1.165, 1.54) is 0 Å². The van der Waals surface area contributed by atoms with Crippen molar-refractivity contribution in [2.45, 2.75) is 5.60 Å². The van der Waals surface area contributed by atoms with E-state index < -0.39 is 17.5 Å². The van der Waals surface area contributed by atoms with Gasteiger partial charge in [0.25, 0.3) is 0 Å². The summed E-state index contributed by atoms with van der Waals surface area (Å²) < 4.78 is 12.2. The van der Waals surface area contributed by atoms with Gasteiger partial charge in [-0.1, -0.05) is 42.5 Å². The number of hydrogen-bond donors (Lipinski definition) is 0. The lowest BCUT2D eigenvalue weighted by atomic mass is 9.68. The van der Waals surface area contributed by atoms with E-state index in [1.807, 2.05) is 42.5 Å². The quantitative estimate of drug-likeness (QED) is 0.584. The van der Waals surface area contributed by atoms with Gasteiger partial charge in [-0.05, 0) is 30.4 Å². The zero-order chi connectivity index (χ0) is 20.3. The van der Waals surface area contributed by atoms with Crippen molar-refractivity contribution in [1.82, 2.24) is 4.98 Å². The molecule has 3 aromatic rings. The standard InChI is InChI=1S/C25H15NO4/c27-23-16(15-6-5-13-26-14-15)11-12-21-22(23)25(19-9-3-4-10-20(19)29-21)18-8-2-1-7-17(18)24(28)30-25/h1-14,22H. The van der Waals surface area contributed by atoms with E-state index in [-0.39, 0.29) is 5.78 Å². The summed E-state index contributed by atoms with van der Waals surface area (Å²) in [6.07, 6.45) is 6.85. The molecule has 3 heterocycles. The zero-order valence-corrected chi connectivity index (χ0v) is 15.7. The van der Waals surface area contributed by atoms with Crippen molar-refractivity contribution >= 4 is 17.3 Å². The Labute approximate surface area is 172 Å². The lowest BCUT2D eigenvalue weighted by Gasteiger charge is -2.43. The first-order valence-corrected chi connectivity index (χ1v) is 9.67. The number of fused-ring (bicyclic) bond motifs is 6. The fraction of sp³-hybridized carbons (Fsp3) is 0.0800. The molecule has 1 spiro atoms. The molecule has 0 fully saturated rings. The van der Waals surface area contributed by atoms with Crippen LogP contribution in [0.2, 0.25) is 0 Å². The van der Waals surface area contributed by atoms with E-state index in [9.17, 15) is 9.59 Å². The molecule has 2 aliphatic heterocycles. The lowest BCUT2D eigenvalue weighted by Crippen LogP contribution is -2.47. The number of aromatic nitrogens is 1. The van der Waals surface area contributed by atoms with Crippen LogP contribution in [0.25, 0.3) is 5.57 Å². The third-order valence-electron chi connectivity index (χ3n) is 5.92. The Balaban J connectivity index is 1.63. The van der Waals surface area contributed by atoms with E-state index in [0.29, 0.717) is 39.3 Å². The number of allylic oxidation sites excluding steroid dienone is 3. The summed E-state index contributed by atoms with van der Waals surface area (Å²) in [6, 6.07) is 18.3. The molecular weight excluding hydrogens is 378 g/mol. The number of carbonyl (C=O) groups is 2. The summed E-state index contributed by atoms with van der Waals surface area (Å²) >= 11 is 0. The Hall–Kier alpha value is -3.99. The molecular formula is C25H15NO4. The van der Waals surface area contributed by atoms with Gasteiger partial charge in [0.1, 0.15) is 17.4 Å². The molecule has 5 heteroatoms. The Morgan fingerprint density at radius 2 is 1.67 bits per heavy atom. The van der Waals surface area contributed by atoms with Crippen LogP contribution in [0.1, 0.15) is 27.0 Å². The molecule has 2 atom stereocenters. The van der Waals surface area contributed by atoms with Crippen molar-refractivity contribution in [2.24, 2.45) is 5.92 Å². The van der Waals surface area contributed by atoms with E-state index in [2.05, 4.69) is 4.98 Å². The van der Waals surface area contributed by atoms with Crippen molar-refractivity contribution in [3.63, 3.8) is 0 Å². The number of ether oxygens (including phenoxy) is 2. The highest BCUT2D eigenvalue weighted by molar-refractivity contribution is 6.24.